The highest BCUT2D eigenvalue weighted by atomic mass is 35.5. The van der Waals surface area contributed by atoms with Crippen LogP contribution in [0.4, 0.5) is 0 Å². The van der Waals surface area contributed by atoms with E-state index in [1.165, 1.54) is 18.5 Å². The minimum atomic E-state index is -3.83. The largest absolute Gasteiger partial charge is 0.321 e. The standard InChI is InChI=1S/C13H11ClN4O3S2/c14-11-5-6-13(22-11)23(20,21)17-16-12(19)7-18-8-15-9-3-1-2-4-10(9)18/h1-6,8,17H,7H2,(H,16,19). The lowest BCUT2D eigenvalue weighted by molar-refractivity contribution is -0.122. The highest BCUT2D eigenvalue weighted by Gasteiger charge is 2.17. The molecule has 1 aromatic carbocycles. The quantitative estimate of drug-likeness (QED) is 0.669. The van der Waals surface area contributed by atoms with Gasteiger partial charge in [-0.25, -0.2) is 13.4 Å². The number of carbonyl (C=O) groups is 1. The summed E-state index contributed by atoms with van der Waals surface area (Å²) in [7, 11) is -3.83. The minimum absolute atomic E-state index is 0.0240. The van der Waals surface area contributed by atoms with Crippen molar-refractivity contribution in [1.82, 2.24) is 19.8 Å². The van der Waals surface area contributed by atoms with Crippen molar-refractivity contribution in [1.29, 1.82) is 0 Å². The number of nitrogens with one attached hydrogen (secondary N) is 2. The number of rotatable bonds is 5. The van der Waals surface area contributed by atoms with E-state index in [2.05, 4.69) is 10.4 Å². The van der Waals surface area contributed by atoms with Crippen LogP contribution in [0.2, 0.25) is 4.34 Å². The first-order valence-corrected chi connectivity index (χ1v) is 9.09. The van der Waals surface area contributed by atoms with E-state index >= 15 is 0 Å². The number of imidazole rings is 1. The molecular weight excluding hydrogens is 360 g/mol. The van der Waals surface area contributed by atoms with Crippen LogP contribution in [0.15, 0.2) is 46.9 Å². The number of halogens is 1. The lowest BCUT2D eigenvalue weighted by Crippen LogP contribution is -2.42. The zero-order valence-electron chi connectivity index (χ0n) is 11.6. The molecule has 23 heavy (non-hydrogen) atoms. The van der Waals surface area contributed by atoms with E-state index in [0.717, 1.165) is 22.4 Å². The molecule has 0 atom stereocenters. The first kappa shape index (κ1) is 15.9. The highest BCUT2D eigenvalue weighted by Crippen LogP contribution is 2.24. The average molecular weight is 371 g/mol. The number of hydrazine groups is 1. The zero-order valence-corrected chi connectivity index (χ0v) is 14.0. The van der Waals surface area contributed by atoms with E-state index in [9.17, 15) is 13.2 Å². The summed E-state index contributed by atoms with van der Waals surface area (Å²) in [5.74, 6) is -0.514. The topological polar surface area (TPSA) is 93.1 Å². The molecule has 2 heterocycles. The second-order valence-corrected chi connectivity index (χ2v) is 8.20. The summed E-state index contributed by atoms with van der Waals surface area (Å²) in [5, 5.41) is 0. The van der Waals surface area contributed by atoms with Crippen molar-refractivity contribution in [2.45, 2.75) is 10.8 Å². The number of hydrogen-bond acceptors (Lipinski definition) is 5. The van der Waals surface area contributed by atoms with Crippen LogP contribution in [0, 0.1) is 0 Å². The summed E-state index contributed by atoms with van der Waals surface area (Å²) in [6.07, 6.45) is 1.53. The molecule has 0 saturated heterocycles. The second kappa shape index (κ2) is 6.28. The van der Waals surface area contributed by atoms with E-state index in [4.69, 9.17) is 11.6 Å². The van der Waals surface area contributed by atoms with Gasteiger partial charge in [-0.3, -0.25) is 10.2 Å². The predicted molar refractivity (Wildman–Crippen MR) is 87.5 cm³/mol. The molecule has 7 nitrogen and oxygen atoms in total. The van der Waals surface area contributed by atoms with Gasteiger partial charge < -0.3 is 4.57 Å². The van der Waals surface area contributed by atoms with Gasteiger partial charge in [-0.05, 0) is 24.3 Å². The molecule has 0 radical (unpaired) electrons. The number of para-hydroxylation sites is 2. The molecule has 0 spiro atoms. The van der Waals surface area contributed by atoms with Crippen LogP contribution in [-0.2, 0) is 21.4 Å². The third-order valence-electron chi connectivity index (χ3n) is 2.98. The van der Waals surface area contributed by atoms with E-state index in [1.807, 2.05) is 29.1 Å². The Hall–Kier alpha value is -1.94. The van der Waals surface area contributed by atoms with E-state index in [1.54, 1.807) is 4.57 Å². The van der Waals surface area contributed by atoms with Gasteiger partial charge in [-0.1, -0.05) is 23.7 Å². The summed E-state index contributed by atoms with van der Waals surface area (Å²) in [5.41, 5.74) is 3.72. The molecule has 0 fully saturated rings. The molecule has 120 valence electrons. The van der Waals surface area contributed by atoms with Crippen molar-refractivity contribution in [2.24, 2.45) is 0 Å². The van der Waals surface area contributed by atoms with Gasteiger partial charge >= 0.3 is 0 Å². The number of hydrogen-bond donors (Lipinski definition) is 2. The van der Waals surface area contributed by atoms with E-state index < -0.39 is 15.9 Å². The van der Waals surface area contributed by atoms with Crippen molar-refractivity contribution in [2.75, 3.05) is 0 Å². The Kier molecular flexibility index (Phi) is 4.35. The summed E-state index contributed by atoms with van der Waals surface area (Å²) >= 11 is 6.61. The van der Waals surface area contributed by atoms with Crippen molar-refractivity contribution < 1.29 is 13.2 Å². The van der Waals surface area contributed by atoms with Gasteiger partial charge in [-0.15, -0.1) is 16.2 Å². The van der Waals surface area contributed by atoms with Crippen molar-refractivity contribution in [3.05, 3.63) is 47.1 Å². The number of benzene rings is 1. The molecular formula is C13H11ClN4O3S2. The lowest BCUT2D eigenvalue weighted by atomic mass is 10.3. The molecule has 2 aromatic heterocycles. The summed E-state index contributed by atoms with van der Waals surface area (Å²) in [6.45, 7) is -0.0613. The monoisotopic (exact) mass is 370 g/mol. The smallest absolute Gasteiger partial charge is 0.266 e. The Morgan fingerprint density at radius 1 is 1.26 bits per heavy atom. The fraction of sp³-hybridized carbons (Fsp3) is 0.0769. The maximum atomic E-state index is 12.0. The Labute approximate surface area is 140 Å². The van der Waals surface area contributed by atoms with Crippen LogP contribution >= 0.6 is 22.9 Å². The lowest BCUT2D eigenvalue weighted by Gasteiger charge is -2.08. The molecule has 1 amide bonds. The van der Waals surface area contributed by atoms with Gasteiger partial charge in [0.15, 0.2) is 0 Å². The SMILES string of the molecule is O=C(Cn1cnc2ccccc21)NNS(=O)(=O)c1ccc(Cl)s1. The molecule has 2 N–H and O–H groups in total. The average Bonchev–Trinajstić information content (AvgIpc) is 3.13. The fourth-order valence-corrected chi connectivity index (χ4v) is 4.29. The number of thiophene rings is 1. The van der Waals surface area contributed by atoms with Gasteiger partial charge in [0.05, 0.1) is 21.7 Å². The third-order valence-corrected chi connectivity index (χ3v) is 5.95. The summed E-state index contributed by atoms with van der Waals surface area (Å²) in [6, 6.07) is 10.2. The van der Waals surface area contributed by atoms with Gasteiger partial charge in [0, 0.05) is 0 Å². The molecule has 0 unspecified atom stereocenters. The van der Waals surface area contributed by atoms with Crippen molar-refractivity contribution in [3.8, 4) is 0 Å². The van der Waals surface area contributed by atoms with E-state index in [-0.39, 0.29) is 10.8 Å². The third kappa shape index (κ3) is 3.53. The van der Waals surface area contributed by atoms with Crippen LogP contribution in [0.5, 0.6) is 0 Å². The summed E-state index contributed by atoms with van der Waals surface area (Å²) in [4.78, 5) is 18.1. The predicted octanol–water partition coefficient (Wildman–Crippen LogP) is 1.76. The molecule has 10 heteroatoms. The Bertz CT molecular complexity index is 964. The van der Waals surface area contributed by atoms with Crippen LogP contribution in [0.3, 0.4) is 0 Å². The first-order valence-electron chi connectivity index (χ1n) is 6.41. The maximum Gasteiger partial charge on any atom is 0.266 e. The Morgan fingerprint density at radius 2 is 2.04 bits per heavy atom. The molecule has 3 rings (SSSR count). The van der Waals surface area contributed by atoms with Crippen LogP contribution in [-0.4, -0.2) is 23.9 Å². The molecule has 0 aliphatic heterocycles. The number of aromatic nitrogens is 2. The van der Waals surface area contributed by atoms with Gasteiger partial charge in [0.25, 0.3) is 15.9 Å². The number of sulfonamides is 1. The minimum Gasteiger partial charge on any atom is -0.321 e. The molecule has 0 saturated carbocycles. The van der Waals surface area contributed by atoms with Crippen molar-refractivity contribution >= 4 is 49.9 Å². The normalized spacial score (nSPS) is 11.7. The number of carbonyl (C=O) groups excluding carboxylic acids is 1. The van der Waals surface area contributed by atoms with Gasteiger partial charge in [0.1, 0.15) is 10.8 Å². The molecule has 0 aliphatic carbocycles. The number of nitrogens with zero attached hydrogens (tertiary/aromatic N) is 2. The molecule has 0 bridgehead atoms. The Balaban J connectivity index is 1.66. The fourth-order valence-electron chi connectivity index (χ4n) is 1.95. The number of amides is 1. The van der Waals surface area contributed by atoms with Crippen LogP contribution in [0.25, 0.3) is 11.0 Å². The van der Waals surface area contributed by atoms with Gasteiger partial charge in [0.2, 0.25) is 0 Å². The highest BCUT2D eigenvalue weighted by molar-refractivity contribution is 7.91. The van der Waals surface area contributed by atoms with Crippen LogP contribution in [0.1, 0.15) is 0 Å². The number of fused-ring (bicyclic) bond motifs is 1. The summed E-state index contributed by atoms with van der Waals surface area (Å²) < 4.78 is 25.9. The van der Waals surface area contributed by atoms with Gasteiger partial charge in [-0.2, -0.15) is 0 Å². The Morgan fingerprint density at radius 3 is 2.78 bits per heavy atom. The maximum absolute atomic E-state index is 12.0. The second-order valence-electron chi connectivity index (χ2n) is 4.57. The molecule has 3 aromatic rings. The van der Waals surface area contributed by atoms with Crippen molar-refractivity contribution in [3.63, 3.8) is 0 Å². The molecule has 0 aliphatic rings. The first-order chi connectivity index (χ1) is 11.0. The zero-order chi connectivity index (χ0) is 16.4. The van der Waals surface area contributed by atoms with E-state index in [0.29, 0.717) is 4.34 Å². The van der Waals surface area contributed by atoms with Crippen LogP contribution < -0.4 is 10.3 Å².